The molecule has 0 aliphatic rings. The van der Waals surface area contributed by atoms with E-state index in [9.17, 15) is 9.90 Å². The van der Waals surface area contributed by atoms with Crippen LogP contribution in [0.3, 0.4) is 0 Å². The molecule has 1 amide bonds. The first-order valence-electron chi connectivity index (χ1n) is 5.83. The fourth-order valence-electron chi connectivity index (χ4n) is 1.84. The van der Waals surface area contributed by atoms with Crippen LogP contribution in [0.5, 0.6) is 5.75 Å². The second-order valence-corrected chi connectivity index (χ2v) is 5.15. The zero-order valence-corrected chi connectivity index (χ0v) is 12.3. The molecule has 3 nitrogen and oxygen atoms in total. The summed E-state index contributed by atoms with van der Waals surface area (Å²) in [6.45, 7) is 1.90. The van der Waals surface area contributed by atoms with Crippen molar-refractivity contribution in [3.63, 3.8) is 0 Å². The van der Waals surface area contributed by atoms with Gasteiger partial charge < -0.3 is 10.0 Å². The number of carbonyl (C=O) groups excluding carboxylic acids is 1. The number of nitrogens with zero attached hydrogens (tertiary/aromatic N) is 1. The summed E-state index contributed by atoms with van der Waals surface area (Å²) in [5.41, 5.74) is 2.20. The molecule has 0 aliphatic carbocycles. The van der Waals surface area contributed by atoms with E-state index in [-0.39, 0.29) is 11.7 Å². The lowest BCUT2D eigenvalue weighted by Crippen LogP contribution is -2.26. The third kappa shape index (κ3) is 2.79. The van der Waals surface area contributed by atoms with E-state index < -0.39 is 0 Å². The summed E-state index contributed by atoms with van der Waals surface area (Å²) in [6, 6.07) is 12.2. The predicted molar refractivity (Wildman–Crippen MR) is 79.7 cm³/mol. The minimum Gasteiger partial charge on any atom is -0.508 e. The van der Waals surface area contributed by atoms with E-state index in [1.807, 2.05) is 19.1 Å². The first-order chi connectivity index (χ1) is 9.00. The van der Waals surface area contributed by atoms with E-state index in [0.29, 0.717) is 11.3 Å². The second kappa shape index (κ2) is 5.45. The van der Waals surface area contributed by atoms with Crippen molar-refractivity contribution in [1.29, 1.82) is 0 Å². The van der Waals surface area contributed by atoms with Crippen molar-refractivity contribution >= 4 is 27.5 Å². The average molecular weight is 320 g/mol. The molecule has 0 heterocycles. The molecule has 4 heteroatoms. The van der Waals surface area contributed by atoms with Gasteiger partial charge in [0.1, 0.15) is 5.75 Å². The molecule has 0 unspecified atom stereocenters. The van der Waals surface area contributed by atoms with Gasteiger partial charge in [-0.1, -0.05) is 28.1 Å². The van der Waals surface area contributed by atoms with Crippen molar-refractivity contribution in [2.75, 3.05) is 11.9 Å². The summed E-state index contributed by atoms with van der Waals surface area (Å²) < 4.78 is 0.905. The van der Waals surface area contributed by atoms with Crippen LogP contribution in [0.15, 0.2) is 46.9 Å². The first-order valence-corrected chi connectivity index (χ1v) is 6.62. The van der Waals surface area contributed by atoms with Crippen LogP contribution in [0.1, 0.15) is 15.9 Å². The zero-order chi connectivity index (χ0) is 14.0. The van der Waals surface area contributed by atoms with E-state index in [1.54, 1.807) is 37.4 Å². The highest BCUT2D eigenvalue weighted by molar-refractivity contribution is 9.10. The summed E-state index contributed by atoms with van der Waals surface area (Å²) in [5, 5.41) is 9.47. The third-order valence-electron chi connectivity index (χ3n) is 3.02. The van der Waals surface area contributed by atoms with E-state index in [2.05, 4.69) is 15.9 Å². The van der Waals surface area contributed by atoms with Gasteiger partial charge in [-0.25, -0.2) is 0 Å². The molecule has 2 aromatic rings. The molecule has 0 saturated heterocycles. The molecule has 0 radical (unpaired) electrons. The number of benzene rings is 2. The van der Waals surface area contributed by atoms with Crippen LogP contribution in [0, 0.1) is 6.92 Å². The van der Waals surface area contributed by atoms with Crippen molar-refractivity contribution in [1.82, 2.24) is 0 Å². The lowest BCUT2D eigenvalue weighted by molar-refractivity contribution is 0.0992. The van der Waals surface area contributed by atoms with Crippen LogP contribution in [0.2, 0.25) is 0 Å². The van der Waals surface area contributed by atoms with E-state index in [1.165, 1.54) is 4.90 Å². The molecule has 1 N–H and O–H groups in total. The highest BCUT2D eigenvalue weighted by Crippen LogP contribution is 2.24. The summed E-state index contributed by atoms with van der Waals surface area (Å²) in [4.78, 5) is 14.0. The molecule has 19 heavy (non-hydrogen) atoms. The van der Waals surface area contributed by atoms with Gasteiger partial charge in [-0.2, -0.15) is 0 Å². The van der Waals surface area contributed by atoms with Crippen molar-refractivity contribution in [3.05, 3.63) is 58.1 Å². The van der Waals surface area contributed by atoms with Gasteiger partial charge >= 0.3 is 0 Å². The molecule has 0 bridgehead atoms. The molecular weight excluding hydrogens is 306 g/mol. The maximum Gasteiger partial charge on any atom is 0.258 e. The Morgan fingerprint density at radius 1 is 1.21 bits per heavy atom. The third-order valence-corrected chi connectivity index (χ3v) is 3.88. The normalized spacial score (nSPS) is 10.3. The van der Waals surface area contributed by atoms with Crippen molar-refractivity contribution in [2.24, 2.45) is 0 Å². The number of amides is 1. The molecule has 0 spiro atoms. The Kier molecular flexibility index (Phi) is 3.90. The van der Waals surface area contributed by atoms with Crippen LogP contribution >= 0.6 is 15.9 Å². The molecule has 98 valence electrons. The number of phenolic OH excluding ortho intramolecular Hbond substituents is 1. The summed E-state index contributed by atoms with van der Waals surface area (Å²) in [6.07, 6.45) is 0. The second-order valence-electron chi connectivity index (χ2n) is 4.30. The van der Waals surface area contributed by atoms with Gasteiger partial charge in [0, 0.05) is 28.8 Å². The van der Waals surface area contributed by atoms with Crippen LogP contribution in [0.25, 0.3) is 0 Å². The van der Waals surface area contributed by atoms with Gasteiger partial charge in [-0.05, 0) is 36.8 Å². The van der Waals surface area contributed by atoms with E-state index in [4.69, 9.17) is 0 Å². The molecule has 0 aromatic heterocycles. The Morgan fingerprint density at radius 2 is 1.89 bits per heavy atom. The number of aromatic hydroxyl groups is 1. The van der Waals surface area contributed by atoms with Crippen LogP contribution in [-0.2, 0) is 0 Å². The quantitative estimate of drug-likeness (QED) is 0.916. The van der Waals surface area contributed by atoms with Crippen LogP contribution in [-0.4, -0.2) is 18.1 Å². The first kappa shape index (κ1) is 13.6. The van der Waals surface area contributed by atoms with Gasteiger partial charge in [-0.3, -0.25) is 4.79 Å². The Morgan fingerprint density at radius 3 is 2.58 bits per heavy atom. The summed E-state index contributed by atoms with van der Waals surface area (Å²) in [7, 11) is 1.69. The molecule has 0 atom stereocenters. The van der Waals surface area contributed by atoms with Crippen molar-refractivity contribution < 1.29 is 9.90 Å². The average Bonchev–Trinajstić information content (AvgIpc) is 2.40. The molecule has 2 rings (SSSR count). The lowest BCUT2D eigenvalue weighted by Gasteiger charge is -2.19. The number of phenols is 1. The fraction of sp³-hybridized carbons (Fsp3) is 0.133. The largest absolute Gasteiger partial charge is 0.508 e. The number of carbonyl (C=O) groups is 1. The van der Waals surface area contributed by atoms with E-state index in [0.717, 1.165) is 10.0 Å². The Hall–Kier alpha value is -1.81. The monoisotopic (exact) mass is 319 g/mol. The minimum atomic E-state index is -0.107. The number of hydrogen-bond acceptors (Lipinski definition) is 2. The van der Waals surface area contributed by atoms with E-state index >= 15 is 0 Å². The summed E-state index contributed by atoms with van der Waals surface area (Å²) >= 11 is 3.42. The standard InChI is InChI=1S/C15H14BrNO2/c1-10-13(7-4-8-14(10)16)15(19)17(2)11-5-3-6-12(18)9-11/h3-9,18H,1-2H3. The van der Waals surface area contributed by atoms with Gasteiger partial charge in [0.2, 0.25) is 0 Å². The Bertz CT molecular complexity index is 625. The van der Waals surface area contributed by atoms with Crippen molar-refractivity contribution in [3.8, 4) is 5.75 Å². The molecule has 2 aromatic carbocycles. The van der Waals surface area contributed by atoms with Crippen LogP contribution < -0.4 is 4.90 Å². The van der Waals surface area contributed by atoms with Gasteiger partial charge in [0.15, 0.2) is 0 Å². The SMILES string of the molecule is Cc1c(Br)cccc1C(=O)N(C)c1cccc(O)c1. The molecular formula is C15H14BrNO2. The Balaban J connectivity index is 2.36. The fourth-order valence-corrected chi connectivity index (χ4v) is 2.20. The summed E-state index contributed by atoms with van der Waals surface area (Å²) in [5.74, 6) is 0.0347. The topological polar surface area (TPSA) is 40.5 Å². The highest BCUT2D eigenvalue weighted by atomic mass is 79.9. The van der Waals surface area contributed by atoms with Crippen LogP contribution in [0.4, 0.5) is 5.69 Å². The number of halogens is 1. The predicted octanol–water partition coefficient (Wildman–Crippen LogP) is 3.74. The molecule has 0 aliphatic heterocycles. The maximum atomic E-state index is 12.5. The maximum absolute atomic E-state index is 12.5. The molecule has 0 fully saturated rings. The number of rotatable bonds is 2. The highest BCUT2D eigenvalue weighted by Gasteiger charge is 2.16. The van der Waals surface area contributed by atoms with Crippen molar-refractivity contribution in [2.45, 2.75) is 6.92 Å². The molecule has 0 saturated carbocycles. The zero-order valence-electron chi connectivity index (χ0n) is 10.7. The van der Waals surface area contributed by atoms with Gasteiger partial charge in [0.05, 0.1) is 0 Å². The number of hydrogen-bond donors (Lipinski definition) is 1. The smallest absolute Gasteiger partial charge is 0.258 e. The number of anilines is 1. The van der Waals surface area contributed by atoms with Gasteiger partial charge in [-0.15, -0.1) is 0 Å². The minimum absolute atomic E-state index is 0.107. The van der Waals surface area contributed by atoms with Gasteiger partial charge in [0.25, 0.3) is 5.91 Å². The Labute approximate surface area is 120 Å². The lowest BCUT2D eigenvalue weighted by atomic mass is 10.1.